The maximum Gasteiger partial charge on any atom is 0.243 e. The molecule has 1 saturated carbocycles. The number of hydrogen-bond donors (Lipinski definition) is 0. The van der Waals surface area contributed by atoms with Crippen molar-refractivity contribution >= 4 is 23.2 Å². The van der Waals surface area contributed by atoms with E-state index in [4.69, 9.17) is 0 Å². The maximum atomic E-state index is 13.6. The van der Waals surface area contributed by atoms with Gasteiger partial charge < -0.3 is 9.80 Å². The van der Waals surface area contributed by atoms with Gasteiger partial charge in [0.2, 0.25) is 11.8 Å². The van der Waals surface area contributed by atoms with Crippen molar-refractivity contribution in [2.75, 3.05) is 19.6 Å². The Morgan fingerprint density at radius 2 is 1.73 bits per heavy atom. The quantitative estimate of drug-likeness (QED) is 0.467. The lowest BCUT2D eigenvalue weighted by atomic mass is 9.93. The SMILES string of the molecule is C=CCN(CC(=O)N1CCc2sccc2C1c1ccccc1)C(=O)C1CC1c1ccccc1. The monoisotopic (exact) mass is 456 g/mol. The summed E-state index contributed by atoms with van der Waals surface area (Å²) < 4.78 is 0. The van der Waals surface area contributed by atoms with Gasteiger partial charge in [0, 0.05) is 23.9 Å². The molecule has 3 unspecified atom stereocenters. The molecule has 2 aliphatic rings. The Bertz CT molecular complexity index is 1140. The Kier molecular flexibility index (Phi) is 6.14. The minimum Gasteiger partial charge on any atom is -0.330 e. The average molecular weight is 457 g/mol. The third-order valence-electron chi connectivity index (χ3n) is 6.72. The Morgan fingerprint density at radius 3 is 2.42 bits per heavy atom. The summed E-state index contributed by atoms with van der Waals surface area (Å²) in [6.45, 7) is 4.97. The minimum atomic E-state index is -0.104. The number of fused-ring (bicyclic) bond motifs is 1. The molecule has 2 heterocycles. The van der Waals surface area contributed by atoms with Crippen molar-refractivity contribution in [3.8, 4) is 0 Å². The van der Waals surface area contributed by atoms with Gasteiger partial charge in [0.05, 0.1) is 6.04 Å². The highest BCUT2D eigenvalue weighted by Crippen LogP contribution is 2.48. The predicted molar refractivity (Wildman–Crippen MR) is 132 cm³/mol. The normalized spacial score (nSPS) is 21.2. The Hall–Kier alpha value is -3.18. The summed E-state index contributed by atoms with van der Waals surface area (Å²) in [4.78, 5) is 31.9. The molecule has 0 N–H and O–H groups in total. The summed E-state index contributed by atoms with van der Waals surface area (Å²) in [5.74, 6) is 0.255. The number of hydrogen-bond acceptors (Lipinski definition) is 3. The molecule has 0 radical (unpaired) electrons. The first kappa shape index (κ1) is 21.7. The van der Waals surface area contributed by atoms with Crippen LogP contribution in [-0.4, -0.2) is 41.2 Å². The molecule has 0 saturated heterocycles. The van der Waals surface area contributed by atoms with E-state index in [-0.39, 0.29) is 36.2 Å². The predicted octanol–water partition coefficient (Wildman–Crippen LogP) is 5.04. The molecule has 4 nitrogen and oxygen atoms in total. The summed E-state index contributed by atoms with van der Waals surface area (Å²) in [5, 5.41) is 2.11. The van der Waals surface area contributed by atoms with Crippen molar-refractivity contribution in [3.63, 3.8) is 0 Å². The fraction of sp³-hybridized carbons (Fsp3) is 0.286. The second-order valence-corrected chi connectivity index (χ2v) is 9.82. The van der Waals surface area contributed by atoms with Gasteiger partial charge in [-0.2, -0.15) is 0 Å². The van der Waals surface area contributed by atoms with Gasteiger partial charge in [-0.25, -0.2) is 0 Å². The Balaban J connectivity index is 1.34. The van der Waals surface area contributed by atoms with Gasteiger partial charge in [0.25, 0.3) is 0 Å². The van der Waals surface area contributed by atoms with Crippen molar-refractivity contribution in [1.82, 2.24) is 9.80 Å². The van der Waals surface area contributed by atoms with E-state index >= 15 is 0 Å². The lowest BCUT2D eigenvalue weighted by Crippen LogP contribution is -2.47. The number of thiophene rings is 1. The molecule has 5 heteroatoms. The Morgan fingerprint density at radius 1 is 1.03 bits per heavy atom. The second-order valence-electron chi connectivity index (χ2n) is 8.82. The first-order chi connectivity index (χ1) is 16.2. The van der Waals surface area contributed by atoms with E-state index in [1.807, 2.05) is 41.3 Å². The third kappa shape index (κ3) is 4.38. The van der Waals surface area contributed by atoms with Gasteiger partial charge in [0.15, 0.2) is 0 Å². The zero-order chi connectivity index (χ0) is 22.8. The fourth-order valence-corrected chi connectivity index (χ4v) is 5.90. The molecule has 5 rings (SSSR count). The molecule has 1 fully saturated rings. The van der Waals surface area contributed by atoms with Crippen LogP contribution < -0.4 is 0 Å². The highest BCUT2D eigenvalue weighted by molar-refractivity contribution is 7.10. The third-order valence-corrected chi connectivity index (χ3v) is 7.72. The summed E-state index contributed by atoms with van der Waals surface area (Å²) in [6, 6.07) is 22.4. The lowest BCUT2D eigenvalue weighted by Gasteiger charge is -2.37. The van der Waals surface area contributed by atoms with Gasteiger partial charge in [-0.05, 0) is 46.9 Å². The smallest absolute Gasteiger partial charge is 0.243 e. The van der Waals surface area contributed by atoms with Crippen LogP contribution in [0.3, 0.4) is 0 Å². The van der Waals surface area contributed by atoms with E-state index in [0.717, 1.165) is 18.4 Å². The fourth-order valence-electron chi connectivity index (χ4n) is 4.99. The van der Waals surface area contributed by atoms with E-state index in [9.17, 15) is 9.59 Å². The summed E-state index contributed by atoms with van der Waals surface area (Å²) in [5.41, 5.74) is 3.52. The highest BCUT2D eigenvalue weighted by atomic mass is 32.1. The van der Waals surface area contributed by atoms with Crippen molar-refractivity contribution in [1.29, 1.82) is 0 Å². The van der Waals surface area contributed by atoms with Crippen LogP contribution >= 0.6 is 11.3 Å². The first-order valence-electron chi connectivity index (χ1n) is 11.5. The zero-order valence-electron chi connectivity index (χ0n) is 18.6. The van der Waals surface area contributed by atoms with E-state index in [0.29, 0.717) is 13.1 Å². The molecule has 1 aliphatic carbocycles. The summed E-state index contributed by atoms with van der Waals surface area (Å²) in [6.07, 6.45) is 3.42. The molecule has 3 atom stereocenters. The molecular weight excluding hydrogens is 428 g/mol. The standard InChI is InChI=1S/C28H28N2O2S/c1-2-15-29(28(32)24-18-23(24)20-9-5-3-6-10-20)19-26(31)30-16-13-25-22(14-17-33-25)27(30)21-11-7-4-8-12-21/h2-12,14,17,23-24,27H,1,13,15-16,18-19H2. The van der Waals surface area contributed by atoms with Crippen LogP contribution in [0.5, 0.6) is 0 Å². The molecule has 1 aliphatic heterocycles. The molecule has 2 amide bonds. The molecule has 0 spiro atoms. The number of carbonyl (C=O) groups is 2. The van der Waals surface area contributed by atoms with Gasteiger partial charge in [-0.15, -0.1) is 17.9 Å². The molecule has 33 heavy (non-hydrogen) atoms. The van der Waals surface area contributed by atoms with Crippen molar-refractivity contribution < 1.29 is 9.59 Å². The van der Waals surface area contributed by atoms with Crippen molar-refractivity contribution in [2.45, 2.75) is 24.8 Å². The van der Waals surface area contributed by atoms with Crippen LogP contribution in [0.1, 0.15) is 39.9 Å². The topological polar surface area (TPSA) is 40.6 Å². The molecule has 0 bridgehead atoms. The van der Waals surface area contributed by atoms with E-state index in [2.05, 4.69) is 42.3 Å². The maximum absolute atomic E-state index is 13.6. The first-order valence-corrected chi connectivity index (χ1v) is 12.4. The number of carbonyl (C=O) groups excluding carboxylic acids is 2. The number of rotatable bonds is 7. The Labute approximate surface area is 199 Å². The molecule has 168 valence electrons. The van der Waals surface area contributed by atoms with Crippen molar-refractivity contribution in [2.24, 2.45) is 5.92 Å². The van der Waals surface area contributed by atoms with E-state index in [1.165, 1.54) is 16.0 Å². The van der Waals surface area contributed by atoms with E-state index < -0.39 is 0 Å². The van der Waals surface area contributed by atoms with Crippen LogP contribution in [0.4, 0.5) is 0 Å². The highest BCUT2D eigenvalue weighted by Gasteiger charge is 2.46. The summed E-state index contributed by atoms with van der Waals surface area (Å²) >= 11 is 1.76. The van der Waals surface area contributed by atoms with Gasteiger partial charge in [-0.3, -0.25) is 9.59 Å². The zero-order valence-corrected chi connectivity index (χ0v) is 19.4. The second kappa shape index (κ2) is 9.36. The number of benzene rings is 2. The van der Waals surface area contributed by atoms with Crippen LogP contribution in [0.25, 0.3) is 0 Å². The van der Waals surface area contributed by atoms with Gasteiger partial charge >= 0.3 is 0 Å². The minimum absolute atomic E-state index is 0.00665. The molecular formula is C28H28N2O2S. The molecule has 3 aromatic rings. The van der Waals surface area contributed by atoms with Crippen LogP contribution in [0.2, 0.25) is 0 Å². The van der Waals surface area contributed by atoms with Crippen LogP contribution in [0, 0.1) is 5.92 Å². The van der Waals surface area contributed by atoms with Gasteiger partial charge in [-0.1, -0.05) is 66.7 Å². The largest absolute Gasteiger partial charge is 0.330 e. The number of amides is 2. The average Bonchev–Trinajstić information content (AvgIpc) is 3.52. The van der Waals surface area contributed by atoms with Gasteiger partial charge in [0.1, 0.15) is 6.54 Å². The van der Waals surface area contributed by atoms with Crippen molar-refractivity contribution in [3.05, 3.63) is 106 Å². The summed E-state index contributed by atoms with van der Waals surface area (Å²) in [7, 11) is 0. The van der Waals surface area contributed by atoms with Crippen LogP contribution in [-0.2, 0) is 16.0 Å². The number of nitrogens with zero attached hydrogens (tertiary/aromatic N) is 2. The van der Waals surface area contributed by atoms with Crippen LogP contribution in [0.15, 0.2) is 84.8 Å². The lowest BCUT2D eigenvalue weighted by molar-refractivity contribution is -0.142. The molecule has 2 aromatic carbocycles. The van der Waals surface area contributed by atoms with E-state index in [1.54, 1.807) is 22.3 Å². The molecule has 1 aromatic heterocycles.